The Bertz CT molecular complexity index is 628. The summed E-state index contributed by atoms with van der Waals surface area (Å²) in [5.74, 6) is 1.05. The number of sulfonamides is 1. The van der Waals surface area contributed by atoms with E-state index in [-0.39, 0.29) is 40.8 Å². The third-order valence-electron chi connectivity index (χ3n) is 4.03. The van der Waals surface area contributed by atoms with Gasteiger partial charge in [0.15, 0.2) is 4.90 Å². The van der Waals surface area contributed by atoms with Crippen molar-refractivity contribution < 1.29 is 22.6 Å². The van der Waals surface area contributed by atoms with Crippen LogP contribution in [0, 0.1) is 5.92 Å². The maximum atomic E-state index is 12.9. The number of ether oxygens (including phenoxy) is 3. The minimum absolute atomic E-state index is 0. The minimum Gasteiger partial charge on any atom is -0.496 e. The van der Waals surface area contributed by atoms with E-state index in [9.17, 15) is 8.42 Å². The molecule has 0 radical (unpaired) electrons. The number of nitrogens with one attached hydrogen (secondary N) is 2. The van der Waals surface area contributed by atoms with Crippen LogP contribution >= 0.6 is 12.4 Å². The fourth-order valence-electron chi connectivity index (χ4n) is 2.69. The smallest absolute Gasteiger partial charge is 0.248 e. The monoisotopic (exact) mass is 380 g/mol. The fourth-order valence-corrected chi connectivity index (χ4v) is 4.37. The van der Waals surface area contributed by atoms with Crippen LogP contribution in [0.4, 0.5) is 0 Å². The van der Waals surface area contributed by atoms with Gasteiger partial charge in [-0.3, -0.25) is 0 Å². The number of hydrogen-bond donors (Lipinski definition) is 2. The van der Waals surface area contributed by atoms with Crippen molar-refractivity contribution in [2.45, 2.75) is 24.3 Å². The van der Waals surface area contributed by atoms with Gasteiger partial charge in [-0.1, -0.05) is 6.92 Å². The third kappa shape index (κ3) is 4.44. The van der Waals surface area contributed by atoms with E-state index in [1.54, 1.807) is 0 Å². The van der Waals surface area contributed by atoms with Crippen molar-refractivity contribution in [1.29, 1.82) is 0 Å². The van der Waals surface area contributed by atoms with Gasteiger partial charge < -0.3 is 19.5 Å². The SMILES string of the molecule is COc1cc(OC)c(S(=O)(=O)NC2CCNCC2C)c(OC)c1.Cl. The second-order valence-electron chi connectivity index (χ2n) is 5.56. The zero-order chi connectivity index (χ0) is 17.0. The fraction of sp³-hybridized carbons (Fsp3) is 0.600. The van der Waals surface area contributed by atoms with E-state index in [0.29, 0.717) is 5.75 Å². The maximum Gasteiger partial charge on any atom is 0.248 e. The van der Waals surface area contributed by atoms with E-state index in [4.69, 9.17) is 14.2 Å². The summed E-state index contributed by atoms with van der Waals surface area (Å²) in [5, 5.41) is 3.25. The third-order valence-corrected chi connectivity index (χ3v) is 5.58. The summed E-state index contributed by atoms with van der Waals surface area (Å²) in [4.78, 5) is -0.00553. The highest BCUT2D eigenvalue weighted by Gasteiger charge is 2.31. The lowest BCUT2D eigenvalue weighted by Gasteiger charge is -2.30. The highest BCUT2D eigenvalue weighted by atomic mass is 35.5. The topological polar surface area (TPSA) is 85.9 Å². The van der Waals surface area contributed by atoms with Crippen molar-refractivity contribution in [3.63, 3.8) is 0 Å². The molecule has 7 nitrogen and oxygen atoms in total. The molecule has 0 spiro atoms. The molecule has 1 saturated heterocycles. The number of halogens is 1. The molecule has 1 fully saturated rings. The lowest BCUT2D eigenvalue weighted by molar-refractivity contribution is 0.325. The normalized spacial score (nSPS) is 20.8. The molecule has 1 heterocycles. The average molecular weight is 381 g/mol. The Morgan fingerprint density at radius 3 is 2.17 bits per heavy atom. The second kappa shape index (κ2) is 8.75. The lowest BCUT2D eigenvalue weighted by atomic mass is 9.97. The van der Waals surface area contributed by atoms with Crippen LogP contribution in [0.15, 0.2) is 17.0 Å². The van der Waals surface area contributed by atoms with Gasteiger partial charge in [-0.05, 0) is 25.4 Å². The molecule has 24 heavy (non-hydrogen) atoms. The molecule has 2 unspecified atom stereocenters. The van der Waals surface area contributed by atoms with Gasteiger partial charge in [0.2, 0.25) is 10.0 Å². The Morgan fingerprint density at radius 1 is 1.12 bits per heavy atom. The maximum absolute atomic E-state index is 12.9. The van der Waals surface area contributed by atoms with Crippen LogP contribution in [0.1, 0.15) is 13.3 Å². The molecule has 2 N–H and O–H groups in total. The van der Waals surface area contributed by atoms with E-state index >= 15 is 0 Å². The zero-order valence-corrected chi connectivity index (χ0v) is 15.9. The Morgan fingerprint density at radius 2 is 1.71 bits per heavy atom. The van der Waals surface area contributed by atoms with E-state index in [2.05, 4.69) is 10.0 Å². The molecule has 1 aliphatic heterocycles. The summed E-state index contributed by atoms with van der Waals surface area (Å²) in [7, 11) is 0.545. The Kier molecular flexibility index (Phi) is 7.59. The predicted octanol–water partition coefficient (Wildman–Crippen LogP) is 1.41. The van der Waals surface area contributed by atoms with Gasteiger partial charge in [0.1, 0.15) is 17.2 Å². The highest BCUT2D eigenvalue weighted by molar-refractivity contribution is 7.89. The summed E-state index contributed by atoms with van der Waals surface area (Å²) in [5.41, 5.74) is 0. The largest absolute Gasteiger partial charge is 0.496 e. The van der Waals surface area contributed by atoms with Crippen molar-refractivity contribution in [1.82, 2.24) is 10.0 Å². The van der Waals surface area contributed by atoms with Crippen molar-refractivity contribution in [2.75, 3.05) is 34.4 Å². The first-order chi connectivity index (χ1) is 10.9. The van der Waals surface area contributed by atoms with Crippen molar-refractivity contribution >= 4 is 22.4 Å². The first kappa shape index (κ1) is 20.8. The Balaban J connectivity index is 0.00000288. The van der Waals surface area contributed by atoms with Gasteiger partial charge in [-0.25, -0.2) is 13.1 Å². The second-order valence-corrected chi connectivity index (χ2v) is 7.21. The van der Waals surface area contributed by atoms with Gasteiger partial charge in [0, 0.05) is 18.2 Å². The molecule has 1 aromatic rings. The summed E-state index contributed by atoms with van der Waals surface area (Å²) in [6, 6.07) is 2.93. The van der Waals surface area contributed by atoms with E-state index in [1.165, 1.54) is 33.5 Å². The summed E-state index contributed by atoms with van der Waals surface area (Å²) >= 11 is 0. The molecule has 1 aromatic carbocycles. The molecule has 9 heteroatoms. The zero-order valence-electron chi connectivity index (χ0n) is 14.3. The van der Waals surface area contributed by atoms with Crippen LogP contribution in [0.5, 0.6) is 17.2 Å². The number of piperidine rings is 1. The van der Waals surface area contributed by atoms with E-state index < -0.39 is 10.0 Å². The van der Waals surface area contributed by atoms with Gasteiger partial charge in [-0.15, -0.1) is 12.4 Å². The average Bonchev–Trinajstić information content (AvgIpc) is 2.55. The lowest BCUT2D eigenvalue weighted by Crippen LogP contribution is -2.48. The number of rotatable bonds is 6. The van der Waals surface area contributed by atoms with Crippen LogP contribution in [0.2, 0.25) is 0 Å². The Hall–Kier alpha value is -1.22. The first-order valence-electron chi connectivity index (χ1n) is 7.46. The van der Waals surface area contributed by atoms with Crippen LogP contribution in [0.3, 0.4) is 0 Å². The molecule has 0 bridgehead atoms. The van der Waals surface area contributed by atoms with Gasteiger partial charge in [0.05, 0.1) is 21.3 Å². The molecular weight excluding hydrogens is 356 g/mol. The molecular formula is C15H25ClN2O5S. The number of hydrogen-bond acceptors (Lipinski definition) is 6. The van der Waals surface area contributed by atoms with Gasteiger partial charge in [-0.2, -0.15) is 0 Å². The number of benzene rings is 1. The highest BCUT2D eigenvalue weighted by Crippen LogP contribution is 2.37. The summed E-state index contributed by atoms with van der Waals surface area (Å²) < 4.78 is 44.2. The van der Waals surface area contributed by atoms with Gasteiger partial charge >= 0.3 is 0 Å². The van der Waals surface area contributed by atoms with Crippen LogP contribution in [-0.2, 0) is 10.0 Å². The van der Waals surface area contributed by atoms with Crippen molar-refractivity contribution in [3.8, 4) is 17.2 Å². The predicted molar refractivity (Wildman–Crippen MR) is 94.1 cm³/mol. The van der Waals surface area contributed by atoms with Gasteiger partial charge in [0.25, 0.3) is 0 Å². The number of methoxy groups -OCH3 is 3. The molecule has 0 aliphatic carbocycles. The molecule has 1 aliphatic rings. The molecule has 138 valence electrons. The Labute approximate surface area is 149 Å². The van der Waals surface area contributed by atoms with Crippen molar-refractivity contribution in [2.24, 2.45) is 5.92 Å². The summed E-state index contributed by atoms with van der Waals surface area (Å²) in [6.45, 7) is 3.58. The molecule has 2 rings (SSSR count). The van der Waals surface area contributed by atoms with E-state index in [1.807, 2.05) is 6.92 Å². The molecule has 2 atom stereocenters. The van der Waals surface area contributed by atoms with Crippen LogP contribution < -0.4 is 24.2 Å². The van der Waals surface area contributed by atoms with Crippen LogP contribution in [-0.4, -0.2) is 48.9 Å². The quantitative estimate of drug-likeness (QED) is 0.776. The van der Waals surface area contributed by atoms with E-state index in [0.717, 1.165) is 19.5 Å². The molecule has 0 aromatic heterocycles. The first-order valence-corrected chi connectivity index (χ1v) is 8.94. The van der Waals surface area contributed by atoms with Crippen LogP contribution in [0.25, 0.3) is 0 Å². The minimum atomic E-state index is -3.79. The standard InChI is InChI=1S/C15H24N2O5S.ClH/c1-10-9-16-6-5-12(10)17-23(18,19)15-13(21-3)7-11(20-2)8-14(15)22-4;/h7-8,10,12,16-17H,5-6,9H2,1-4H3;1H. The molecule has 0 saturated carbocycles. The summed E-state index contributed by atoms with van der Waals surface area (Å²) in [6.07, 6.45) is 0.737. The van der Waals surface area contributed by atoms with Crippen molar-refractivity contribution in [3.05, 3.63) is 12.1 Å². The molecule has 0 amide bonds.